The number of Topliss-reactive ketones (excluding diaryl/α,β-unsaturated/α-hetero) is 1. The van der Waals surface area contributed by atoms with Crippen LogP contribution in [-0.2, 0) is 16.0 Å². The van der Waals surface area contributed by atoms with Crippen LogP contribution in [0.3, 0.4) is 0 Å². The Hall–Kier alpha value is -1.89. The maximum absolute atomic E-state index is 13.4. The number of carbonyl (C=O) groups is 2. The Kier molecular flexibility index (Phi) is 3.81. The predicted molar refractivity (Wildman–Crippen MR) is 70.2 cm³/mol. The smallest absolute Gasteiger partial charge is 0.429 e. The lowest BCUT2D eigenvalue weighted by molar-refractivity contribution is -0.287. The highest BCUT2D eigenvalue weighted by atomic mass is 19.4. The highest BCUT2D eigenvalue weighted by Crippen LogP contribution is 2.51. The molecule has 1 N–H and O–H groups in total. The zero-order valence-corrected chi connectivity index (χ0v) is 12.0. The van der Waals surface area contributed by atoms with E-state index in [1.165, 1.54) is 12.1 Å². The van der Waals surface area contributed by atoms with Crippen LogP contribution in [0.1, 0.15) is 29.3 Å². The van der Waals surface area contributed by atoms with E-state index in [9.17, 15) is 27.9 Å². The standard InChI is InChI=1S/C15H15F3O4/c1-13(14(21,12(20)22-2)15(16,17)18)8-7-9-5-3-4-6-10(9)11(13)19/h3-6,21H,7-8H2,1-2H3/t13-,14+/m1/s1. The molecule has 0 saturated heterocycles. The fourth-order valence-corrected chi connectivity index (χ4v) is 2.90. The number of carbonyl (C=O) groups excluding carboxylic acids is 2. The van der Waals surface area contributed by atoms with Gasteiger partial charge in [0.25, 0.3) is 5.60 Å². The fourth-order valence-electron chi connectivity index (χ4n) is 2.90. The summed E-state index contributed by atoms with van der Waals surface area (Å²) in [6.45, 7) is 0.954. The van der Waals surface area contributed by atoms with Crippen molar-refractivity contribution >= 4 is 11.8 Å². The highest BCUT2D eigenvalue weighted by molar-refractivity contribution is 6.06. The van der Waals surface area contributed by atoms with Crippen LogP contribution in [0.2, 0.25) is 0 Å². The van der Waals surface area contributed by atoms with Crippen molar-refractivity contribution in [3.8, 4) is 0 Å². The van der Waals surface area contributed by atoms with Gasteiger partial charge in [0.15, 0.2) is 5.78 Å². The first-order valence-corrected chi connectivity index (χ1v) is 6.60. The van der Waals surface area contributed by atoms with Gasteiger partial charge in [0.1, 0.15) is 0 Å². The number of aliphatic hydroxyl groups is 1. The fraction of sp³-hybridized carbons (Fsp3) is 0.467. The molecule has 0 fully saturated rings. The Bertz CT molecular complexity index is 625. The van der Waals surface area contributed by atoms with Crippen molar-refractivity contribution in [1.82, 2.24) is 0 Å². The van der Waals surface area contributed by atoms with Gasteiger partial charge in [0, 0.05) is 5.56 Å². The van der Waals surface area contributed by atoms with Crippen LogP contribution in [0.25, 0.3) is 0 Å². The molecule has 2 rings (SSSR count). The summed E-state index contributed by atoms with van der Waals surface area (Å²) in [5, 5.41) is 10.2. The van der Waals surface area contributed by atoms with Crippen molar-refractivity contribution in [2.75, 3.05) is 7.11 Å². The van der Waals surface area contributed by atoms with Crippen LogP contribution in [0.4, 0.5) is 13.2 Å². The number of esters is 1. The van der Waals surface area contributed by atoms with Crippen LogP contribution in [0, 0.1) is 5.41 Å². The molecule has 1 aromatic carbocycles. The molecule has 7 heteroatoms. The van der Waals surface area contributed by atoms with Gasteiger partial charge in [0.2, 0.25) is 0 Å². The predicted octanol–water partition coefficient (Wildman–Crippen LogP) is 2.29. The molecule has 0 heterocycles. The summed E-state index contributed by atoms with van der Waals surface area (Å²) in [6.07, 6.45) is -5.50. The van der Waals surface area contributed by atoms with Crippen molar-refractivity contribution in [2.45, 2.75) is 31.5 Å². The van der Waals surface area contributed by atoms with Crippen molar-refractivity contribution in [3.63, 3.8) is 0 Å². The van der Waals surface area contributed by atoms with Gasteiger partial charge < -0.3 is 9.84 Å². The monoisotopic (exact) mass is 316 g/mol. The summed E-state index contributed by atoms with van der Waals surface area (Å²) in [4.78, 5) is 24.3. The Labute approximate surface area is 124 Å². The van der Waals surface area contributed by atoms with E-state index in [1.807, 2.05) is 0 Å². The van der Waals surface area contributed by atoms with E-state index in [0.717, 1.165) is 14.0 Å². The van der Waals surface area contributed by atoms with Gasteiger partial charge in [0.05, 0.1) is 12.5 Å². The van der Waals surface area contributed by atoms with Crippen LogP contribution in [0.15, 0.2) is 24.3 Å². The number of hydrogen-bond acceptors (Lipinski definition) is 4. The number of hydrogen-bond donors (Lipinski definition) is 1. The molecule has 2 atom stereocenters. The molecule has 0 aromatic heterocycles. The highest BCUT2D eigenvalue weighted by Gasteiger charge is 2.73. The third-order valence-corrected chi connectivity index (χ3v) is 4.35. The van der Waals surface area contributed by atoms with Crippen LogP contribution in [-0.4, -0.2) is 35.7 Å². The molecule has 1 aliphatic rings. The number of ketones is 1. The number of fused-ring (bicyclic) bond motifs is 1. The van der Waals surface area contributed by atoms with Gasteiger partial charge in [-0.2, -0.15) is 13.2 Å². The summed E-state index contributed by atoms with van der Waals surface area (Å²) in [5.74, 6) is -2.80. The minimum Gasteiger partial charge on any atom is -0.467 e. The average molecular weight is 316 g/mol. The Balaban J connectivity index is 2.63. The third kappa shape index (κ3) is 2.03. The van der Waals surface area contributed by atoms with Gasteiger partial charge in [-0.25, -0.2) is 4.79 Å². The average Bonchev–Trinajstić information content (AvgIpc) is 2.48. The Morgan fingerprint density at radius 3 is 2.45 bits per heavy atom. The SMILES string of the molecule is COC(=O)[C@@](O)(C(F)(F)F)[C@]1(C)CCc2ccccc2C1=O. The van der Waals surface area contributed by atoms with Crippen LogP contribution >= 0.6 is 0 Å². The Morgan fingerprint density at radius 2 is 1.91 bits per heavy atom. The largest absolute Gasteiger partial charge is 0.467 e. The lowest BCUT2D eigenvalue weighted by Gasteiger charge is -2.44. The second-order valence-corrected chi connectivity index (χ2v) is 5.52. The lowest BCUT2D eigenvalue weighted by atomic mass is 9.61. The molecule has 1 aromatic rings. The Morgan fingerprint density at radius 1 is 1.32 bits per heavy atom. The zero-order chi connectivity index (χ0) is 16.8. The number of halogens is 3. The molecule has 22 heavy (non-hydrogen) atoms. The topological polar surface area (TPSA) is 63.6 Å². The van der Waals surface area contributed by atoms with Crippen molar-refractivity contribution in [2.24, 2.45) is 5.41 Å². The number of aryl methyl sites for hydroxylation is 1. The molecule has 1 aliphatic carbocycles. The van der Waals surface area contributed by atoms with E-state index in [4.69, 9.17) is 0 Å². The maximum Gasteiger partial charge on any atom is 0.429 e. The number of methoxy groups -OCH3 is 1. The zero-order valence-electron chi connectivity index (χ0n) is 12.0. The third-order valence-electron chi connectivity index (χ3n) is 4.35. The van der Waals surface area contributed by atoms with E-state index in [1.54, 1.807) is 12.1 Å². The normalized spacial score (nSPS) is 24.4. The van der Waals surface area contributed by atoms with Gasteiger partial charge in [-0.15, -0.1) is 0 Å². The first-order valence-electron chi connectivity index (χ1n) is 6.60. The minimum atomic E-state index is -5.34. The summed E-state index contributed by atoms with van der Waals surface area (Å²) >= 11 is 0. The van der Waals surface area contributed by atoms with E-state index >= 15 is 0 Å². The second-order valence-electron chi connectivity index (χ2n) is 5.52. The molecule has 0 radical (unpaired) electrons. The molecular weight excluding hydrogens is 301 g/mol. The summed E-state index contributed by atoms with van der Waals surface area (Å²) in [5.41, 5.74) is -5.55. The van der Waals surface area contributed by atoms with Crippen molar-refractivity contribution in [1.29, 1.82) is 0 Å². The summed E-state index contributed by atoms with van der Waals surface area (Å²) in [7, 11) is 0.740. The molecule has 0 bridgehead atoms. The van der Waals surface area contributed by atoms with E-state index in [2.05, 4.69) is 4.74 Å². The number of benzene rings is 1. The minimum absolute atomic E-state index is 0.0860. The number of alkyl halides is 3. The first-order chi connectivity index (χ1) is 10.1. The van der Waals surface area contributed by atoms with E-state index < -0.39 is 28.9 Å². The molecule has 4 nitrogen and oxygen atoms in total. The van der Waals surface area contributed by atoms with Gasteiger partial charge in [-0.3, -0.25) is 4.79 Å². The van der Waals surface area contributed by atoms with E-state index in [0.29, 0.717) is 5.56 Å². The van der Waals surface area contributed by atoms with E-state index in [-0.39, 0.29) is 18.4 Å². The van der Waals surface area contributed by atoms with Crippen molar-refractivity contribution in [3.05, 3.63) is 35.4 Å². The summed E-state index contributed by atoms with van der Waals surface area (Å²) in [6, 6.07) is 6.22. The van der Waals surface area contributed by atoms with Crippen LogP contribution < -0.4 is 0 Å². The van der Waals surface area contributed by atoms with Crippen molar-refractivity contribution < 1.29 is 32.6 Å². The molecule has 0 spiro atoms. The molecule has 0 saturated carbocycles. The molecule has 120 valence electrons. The first kappa shape index (κ1) is 16.5. The van der Waals surface area contributed by atoms with Gasteiger partial charge >= 0.3 is 12.1 Å². The molecular formula is C15H15F3O4. The second kappa shape index (κ2) is 5.08. The number of rotatable bonds is 2. The molecule has 0 unspecified atom stereocenters. The van der Waals surface area contributed by atoms with Gasteiger partial charge in [-0.1, -0.05) is 24.3 Å². The van der Waals surface area contributed by atoms with Gasteiger partial charge in [-0.05, 0) is 25.3 Å². The summed E-state index contributed by atoms with van der Waals surface area (Å²) < 4.78 is 44.4. The van der Waals surface area contributed by atoms with Crippen LogP contribution in [0.5, 0.6) is 0 Å². The number of ether oxygens (including phenoxy) is 1. The quantitative estimate of drug-likeness (QED) is 0.850. The molecule has 0 amide bonds. The lowest BCUT2D eigenvalue weighted by Crippen LogP contribution is -2.66. The maximum atomic E-state index is 13.4. The molecule has 0 aliphatic heterocycles.